The molecule has 0 radical (unpaired) electrons. The lowest BCUT2D eigenvalue weighted by Crippen LogP contribution is -2.41. The lowest BCUT2D eigenvalue weighted by atomic mass is 10.1. The second-order valence-electron chi connectivity index (χ2n) is 7.22. The molecule has 0 aliphatic heterocycles. The summed E-state index contributed by atoms with van der Waals surface area (Å²) in [4.78, 5) is 14.5. The zero-order chi connectivity index (χ0) is 18.4. The molecule has 4 heteroatoms. The summed E-state index contributed by atoms with van der Waals surface area (Å²) in [7, 11) is 0. The summed E-state index contributed by atoms with van der Waals surface area (Å²) in [5, 5.41) is 3.09. The van der Waals surface area contributed by atoms with E-state index in [-0.39, 0.29) is 17.8 Å². The molecule has 0 saturated heterocycles. The van der Waals surface area contributed by atoms with E-state index in [0.29, 0.717) is 24.7 Å². The number of hydrogen-bond acceptors (Lipinski definition) is 2. The summed E-state index contributed by atoms with van der Waals surface area (Å²) < 4.78 is 13.9. The normalized spacial score (nSPS) is 15.0. The van der Waals surface area contributed by atoms with Crippen LogP contribution in [0.3, 0.4) is 0 Å². The van der Waals surface area contributed by atoms with Gasteiger partial charge in [0, 0.05) is 24.2 Å². The quantitative estimate of drug-likeness (QED) is 0.740. The minimum atomic E-state index is -0.199. The molecule has 0 aromatic heterocycles. The number of benzene rings is 2. The molecule has 3 nitrogen and oxygen atoms in total. The zero-order valence-corrected chi connectivity index (χ0v) is 15.3. The van der Waals surface area contributed by atoms with Crippen molar-refractivity contribution in [3.63, 3.8) is 0 Å². The van der Waals surface area contributed by atoms with E-state index >= 15 is 0 Å². The molecule has 1 N–H and O–H groups in total. The number of carbonyl (C=O) groups excluding carboxylic acids is 1. The molecule has 2 aromatic carbocycles. The van der Waals surface area contributed by atoms with Crippen LogP contribution in [0, 0.1) is 5.82 Å². The molecule has 26 heavy (non-hydrogen) atoms. The van der Waals surface area contributed by atoms with Gasteiger partial charge in [0.2, 0.25) is 5.91 Å². The van der Waals surface area contributed by atoms with Crippen molar-refractivity contribution >= 4 is 5.91 Å². The van der Waals surface area contributed by atoms with E-state index in [2.05, 4.69) is 22.3 Å². The minimum absolute atomic E-state index is 0.0220. The van der Waals surface area contributed by atoms with Crippen molar-refractivity contribution in [2.45, 2.75) is 51.2 Å². The third-order valence-corrected chi connectivity index (χ3v) is 4.86. The van der Waals surface area contributed by atoms with Crippen LogP contribution in [-0.2, 0) is 17.8 Å². The summed E-state index contributed by atoms with van der Waals surface area (Å²) in [6, 6.07) is 17.6. The maximum atomic E-state index is 13.9. The van der Waals surface area contributed by atoms with E-state index in [1.807, 2.05) is 31.2 Å². The molecule has 1 aliphatic rings. The highest BCUT2D eigenvalue weighted by molar-refractivity contribution is 5.78. The van der Waals surface area contributed by atoms with Gasteiger partial charge >= 0.3 is 0 Å². The van der Waals surface area contributed by atoms with E-state index in [4.69, 9.17) is 0 Å². The summed E-state index contributed by atoms with van der Waals surface area (Å²) in [5.41, 5.74) is 1.94. The average Bonchev–Trinajstić information content (AvgIpc) is 3.47. The molecule has 1 amide bonds. The molecule has 0 bridgehead atoms. The summed E-state index contributed by atoms with van der Waals surface area (Å²) in [6.07, 6.45) is 4.03. The SMILES string of the molecule is C[C@H](CCc1ccccc1)NC(=O)CN(Cc1ccccc1F)C1CC1. The van der Waals surface area contributed by atoms with Crippen molar-refractivity contribution < 1.29 is 9.18 Å². The predicted molar refractivity (Wildman–Crippen MR) is 102 cm³/mol. The largest absolute Gasteiger partial charge is 0.353 e. The van der Waals surface area contributed by atoms with Crippen molar-refractivity contribution in [3.8, 4) is 0 Å². The van der Waals surface area contributed by atoms with E-state index in [9.17, 15) is 9.18 Å². The molecular formula is C22H27FN2O. The molecular weight excluding hydrogens is 327 g/mol. The maximum absolute atomic E-state index is 13.9. The Hall–Kier alpha value is -2.20. The second-order valence-corrected chi connectivity index (χ2v) is 7.22. The fourth-order valence-electron chi connectivity index (χ4n) is 3.20. The van der Waals surface area contributed by atoms with Gasteiger partial charge in [-0.2, -0.15) is 0 Å². The van der Waals surface area contributed by atoms with Crippen LogP contribution < -0.4 is 5.32 Å². The highest BCUT2D eigenvalue weighted by atomic mass is 19.1. The molecule has 1 aliphatic carbocycles. The number of aryl methyl sites for hydroxylation is 1. The molecule has 3 rings (SSSR count). The fourth-order valence-corrected chi connectivity index (χ4v) is 3.20. The number of nitrogens with one attached hydrogen (secondary N) is 1. The summed E-state index contributed by atoms with van der Waals surface area (Å²) in [5.74, 6) is -0.177. The second kappa shape index (κ2) is 8.95. The molecule has 0 unspecified atom stereocenters. The summed E-state index contributed by atoms with van der Waals surface area (Å²) >= 11 is 0. The maximum Gasteiger partial charge on any atom is 0.234 e. The Morgan fingerprint density at radius 3 is 2.54 bits per heavy atom. The molecule has 138 valence electrons. The third kappa shape index (κ3) is 5.67. The van der Waals surface area contributed by atoms with Gasteiger partial charge in [0.05, 0.1) is 6.54 Å². The van der Waals surface area contributed by atoms with E-state index < -0.39 is 0 Å². The van der Waals surface area contributed by atoms with Gasteiger partial charge in [-0.05, 0) is 44.2 Å². The van der Waals surface area contributed by atoms with Gasteiger partial charge in [-0.3, -0.25) is 9.69 Å². The van der Waals surface area contributed by atoms with Crippen LogP contribution >= 0.6 is 0 Å². The topological polar surface area (TPSA) is 32.3 Å². The van der Waals surface area contributed by atoms with Crippen molar-refractivity contribution in [1.82, 2.24) is 10.2 Å². The first-order chi connectivity index (χ1) is 12.6. The monoisotopic (exact) mass is 354 g/mol. The lowest BCUT2D eigenvalue weighted by molar-refractivity contribution is -0.123. The van der Waals surface area contributed by atoms with Crippen molar-refractivity contribution in [1.29, 1.82) is 0 Å². The number of rotatable bonds is 9. The molecule has 0 spiro atoms. The van der Waals surface area contributed by atoms with Crippen LogP contribution in [0.25, 0.3) is 0 Å². The predicted octanol–water partition coefficient (Wildman–Crippen LogP) is 3.93. The molecule has 2 aromatic rings. The Labute approximate surface area is 155 Å². The molecule has 0 heterocycles. The van der Waals surface area contributed by atoms with E-state index in [1.54, 1.807) is 12.1 Å². The molecule has 1 fully saturated rings. The van der Waals surface area contributed by atoms with Gasteiger partial charge in [-0.25, -0.2) is 4.39 Å². The average molecular weight is 354 g/mol. The Balaban J connectivity index is 1.48. The summed E-state index contributed by atoms with van der Waals surface area (Å²) in [6.45, 7) is 2.86. The van der Waals surface area contributed by atoms with Crippen LogP contribution in [0.15, 0.2) is 54.6 Å². The van der Waals surface area contributed by atoms with Gasteiger partial charge < -0.3 is 5.32 Å². The highest BCUT2D eigenvalue weighted by Crippen LogP contribution is 2.28. The van der Waals surface area contributed by atoms with Crippen molar-refractivity contribution in [2.24, 2.45) is 0 Å². The van der Waals surface area contributed by atoms with Gasteiger partial charge in [0.1, 0.15) is 5.82 Å². The Kier molecular flexibility index (Phi) is 6.40. The van der Waals surface area contributed by atoms with Crippen LogP contribution in [-0.4, -0.2) is 29.4 Å². The van der Waals surface area contributed by atoms with E-state index in [0.717, 1.165) is 25.7 Å². The smallest absolute Gasteiger partial charge is 0.234 e. The fraction of sp³-hybridized carbons (Fsp3) is 0.409. The van der Waals surface area contributed by atoms with Gasteiger partial charge in [-0.15, -0.1) is 0 Å². The number of halogens is 1. The number of nitrogens with zero attached hydrogens (tertiary/aromatic N) is 1. The van der Waals surface area contributed by atoms with E-state index in [1.165, 1.54) is 11.6 Å². The van der Waals surface area contributed by atoms with Gasteiger partial charge in [0.15, 0.2) is 0 Å². The first kappa shape index (κ1) is 18.6. The first-order valence-corrected chi connectivity index (χ1v) is 9.42. The lowest BCUT2D eigenvalue weighted by Gasteiger charge is -2.23. The number of carbonyl (C=O) groups is 1. The molecule has 1 atom stereocenters. The Morgan fingerprint density at radius 1 is 1.15 bits per heavy atom. The third-order valence-electron chi connectivity index (χ3n) is 4.86. The van der Waals surface area contributed by atoms with Crippen molar-refractivity contribution in [3.05, 3.63) is 71.5 Å². The standard InChI is InChI=1S/C22H27FN2O/c1-17(11-12-18-7-3-2-4-8-18)24-22(26)16-25(20-13-14-20)15-19-9-5-6-10-21(19)23/h2-10,17,20H,11-16H2,1H3,(H,24,26)/t17-/m1/s1. The van der Waals surface area contributed by atoms with Crippen LogP contribution in [0.4, 0.5) is 4.39 Å². The van der Waals surface area contributed by atoms with Gasteiger partial charge in [-0.1, -0.05) is 48.5 Å². The zero-order valence-electron chi connectivity index (χ0n) is 15.3. The van der Waals surface area contributed by atoms with Crippen molar-refractivity contribution in [2.75, 3.05) is 6.54 Å². The first-order valence-electron chi connectivity index (χ1n) is 9.42. The number of amides is 1. The number of hydrogen-bond donors (Lipinski definition) is 1. The Bertz CT molecular complexity index is 715. The minimum Gasteiger partial charge on any atom is -0.353 e. The molecule has 1 saturated carbocycles. The highest BCUT2D eigenvalue weighted by Gasteiger charge is 2.30. The Morgan fingerprint density at radius 2 is 1.85 bits per heavy atom. The van der Waals surface area contributed by atoms with Gasteiger partial charge in [0.25, 0.3) is 0 Å². The van der Waals surface area contributed by atoms with Crippen LogP contribution in [0.5, 0.6) is 0 Å². The van der Waals surface area contributed by atoms with Crippen LogP contribution in [0.1, 0.15) is 37.3 Å². The van der Waals surface area contributed by atoms with Crippen LogP contribution in [0.2, 0.25) is 0 Å².